The minimum Gasteiger partial charge on any atom is -0.374 e. The van der Waals surface area contributed by atoms with Gasteiger partial charge in [-0.1, -0.05) is 31.0 Å². The molecule has 2 nitrogen and oxygen atoms in total. The van der Waals surface area contributed by atoms with E-state index in [2.05, 4.69) is 42.4 Å². The molecule has 0 atom stereocenters. The molecule has 0 heterocycles. The van der Waals surface area contributed by atoms with Gasteiger partial charge in [0.15, 0.2) is 0 Å². The van der Waals surface area contributed by atoms with Crippen LogP contribution in [0.4, 0.5) is 5.69 Å². The van der Waals surface area contributed by atoms with E-state index in [1.165, 1.54) is 30.5 Å². The third-order valence-electron chi connectivity index (χ3n) is 3.98. The molecular weight excluding hydrogens is 256 g/mol. The highest BCUT2D eigenvalue weighted by Gasteiger charge is 2.19. The second-order valence-electron chi connectivity index (χ2n) is 5.63. The Kier molecular flexibility index (Phi) is 5.53. The molecule has 1 fully saturated rings. The van der Waals surface area contributed by atoms with Gasteiger partial charge in [-0.15, -0.1) is 0 Å². The average Bonchev–Trinajstić information content (AvgIpc) is 2.35. The normalized spacial score (nSPS) is 15.3. The Hall–Kier alpha value is -0.730. The van der Waals surface area contributed by atoms with Crippen LogP contribution >= 0.6 is 11.6 Å². The summed E-state index contributed by atoms with van der Waals surface area (Å²) in [7, 11) is 2.17. The Balaban J connectivity index is 1.92. The summed E-state index contributed by atoms with van der Waals surface area (Å²) in [4.78, 5) is 2.33. The van der Waals surface area contributed by atoms with Crippen LogP contribution in [0, 0.1) is 5.92 Å². The Morgan fingerprint density at radius 1 is 1.37 bits per heavy atom. The maximum Gasteiger partial charge on any atom is 0.0471 e. The molecule has 1 aliphatic carbocycles. The highest BCUT2D eigenvalue weighted by molar-refractivity contribution is 6.31. The number of anilines is 1. The van der Waals surface area contributed by atoms with E-state index in [9.17, 15) is 0 Å². The average molecular weight is 281 g/mol. The minimum atomic E-state index is 0.860. The van der Waals surface area contributed by atoms with Crippen LogP contribution in [-0.4, -0.2) is 20.1 Å². The highest BCUT2D eigenvalue weighted by atomic mass is 35.5. The summed E-state index contributed by atoms with van der Waals surface area (Å²) in [6.07, 6.45) is 5.33. The molecule has 106 valence electrons. The number of hydrogen-bond acceptors (Lipinski definition) is 2. The van der Waals surface area contributed by atoms with Crippen LogP contribution < -0.4 is 10.2 Å². The molecular formula is C16H25ClN2. The summed E-state index contributed by atoms with van der Waals surface area (Å²) in [5, 5.41) is 4.27. The molecule has 1 saturated carbocycles. The minimum absolute atomic E-state index is 0.860. The Labute approximate surface area is 122 Å². The SMILES string of the molecule is CCCNCc1ccc(N(C)CC2CCC2)cc1Cl. The van der Waals surface area contributed by atoms with Crippen molar-refractivity contribution in [2.75, 3.05) is 25.0 Å². The van der Waals surface area contributed by atoms with E-state index in [0.717, 1.165) is 37.0 Å². The van der Waals surface area contributed by atoms with Crippen molar-refractivity contribution in [3.63, 3.8) is 0 Å². The van der Waals surface area contributed by atoms with Gasteiger partial charge in [0, 0.05) is 30.8 Å². The predicted molar refractivity (Wildman–Crippen MR) is 84.1 cm³/mol. The number of nitrogens with zero attached hydrogens (tertiary/aromatic N) is 1. The van der Waals surface area contributed by atoms with Gasteiger partial charge in [-0.25, -0.2) is 0 Å². The first-order valence-corrected chi connectivity index (χ1v) is 7.78. The van der Waals surface area contributed by atoms with E-state index in [-0.39, 0.29) is 0 Å². The Morgan fingerprint density at radius 3 is 2.74 bits per heavy atom. The van der Waals surface area contributed by atoms with E-state index < -0.39 is 0 Å². The standard InChI is InChI=1S/C16H25ClN2/c1-3-9-18-11-14-7-8-15(10-16(14)17)19(2)12-13-5-4-6-13/h7-8,10,13,18H,3-6,9,11-12H2,1-2H3. The van der Waals surface area contributed by atoms with Gasteiger partial charge in [-0.3, -0.25) is 0 Å². The van der Waals surface area contributed by atoms with Crippen LogP contribution in [0.1, 0.15) is 38.2 Å². The monoisotopic (exact) mass is 280 g/mol. The van der Waals surface area contributed by atoms with Crippen LogP contribution in [0.3, 0.4) is 0 Å². The third kappa shape index (κ3) is 4.12. The van der Waals surface area contributed by atoms with Crippen molar-refractivity contribution in [1.29, 1.82) is 0 Å². The lowest BCUT2D eigenvalue weighted by Crippen LogP contribution is -2.29. The van der Waals surface area contributed by atoms with Gasteiger partial charge in [0.05, 0.1) is 0 Å². The second kappa shape index (κ2) is 7.16. The van der Waals surface area contributed by atoms with Crippen LogP contribution in [-0.2, 0) is 6.54 Å². The van der Waals surface area contributed by atoms with E-state index in [4.69, 9.17) is 11.6 Å². The zero-order chi connectivity index (χ0) is 13.7. The first-order chi connectivity index (χ1) is 9.20. The van der Waals surface area contributed by atoms with Crippen LogP contribution in [0.15, 0.2) is 18.2 Å². The molecule has 0 spiro atoms. The summed E-state index contributed by atoms with van der Waals surface area (Å²) in [5.74, 6) is 0.884. The Bertz CT molecular complexity index is 402. The lowest BCUT2D eigenvalue weighted by Gasteiger charge is -2.31. The van der Waals surface area contributed by atoms with Gasteiger partial charge in [-0.05, 0) is 49.4 Å². The Morgan fingerprint density at radius 2 is 2.16 bits per heavy atom. The highest BCUT2D eigenvalue weighted by Crippen LogP contribution is 2.29. The zero-order valence-electron chi connectivity index (χ0n) is 12.1. The van der Waals surface area contributed by atoms with E-state index in [1.54, 1.807) is 0 Å². The molecule has 0 amide bonds. The van der Waals surface area contributed by atoms with Crippen LogP contribution in [0.2, 0.25) is 5.02 Å². The van der Waals surface area contributed by atoms with Crippen molar-refractivity contribution < 1.29 is 0 Å². The van der Waals surface area contributed by atoms with Crippen molar-refractivity contribution in [2.24, 2.45) is 5.92 Å². The fraction of sp³-hybridized carbons (Fsp3) is 0.625. The van der Waals surface area contributed by atoms with Crippen molar-refractivity contribution >= 4 is 17.3 Å². The van der Waals surface area contributed by atoms with Crippen molar-refractivity contribution in [3.05, 3.63) is 28.8 Å². The van der Waals surface area contributed by atoms with Gasteiger partial charge >= 0.3 is 0 Å². The molecule has 0 bridgehead atoms. The first kappa shape index (κ1) is 14.7. The molecule has 1 aromatic carbocycles. The molecule has 2 rings (SSSR count). The van der Waals surface area contributed by atoms with Crippen molar-refractivity contribution in [3.8, 4) is 0 Å². The quantitative estimate of drug-likeness (QED) is 0.757. The molecule has 0 saturated heterocycles. The summed E-state index contributed by atoms with van der Waals surface area (Å²) >= 11 is 6.37. The number of hydrogen-bond donors (Lipinski definition) is 1. The van der Waals surface area contributed by atoms with E-state index in [0.29, 0.717) is 0 Å². The molecule has 19 heavy (non-hydrogen) atoms. The second-order valence-corrected chi connectivity index (χ2v) is 6.04. The number of benzene rings is 1. The fourth-order valence-corrected chi connectivity index (χ4v) is 2.73. The maximum absolute atomic E-state index is 6.37. The van der Waals surface area contributed by atoms with Crippen LogP contribution in [0.5, 0.6) is 0 Å². The molecule has 0 aromatic heterocycles. The predicted octanol–water partition coefficient (Wildman–Crippen LogP) is 4.08. The summed E-state index contributed by atoms with van der Waals surface area (Å²) < 4.78 is 0. The van der Waals surface area contributed by atoms with E-state index in [1.807, 2.05) is 0 Å². The molecule has 1 aliphatic rings. The fourth-order valence-electron chi connectivity index (χ4n) is 2.48. The summed E-state index contributed by atoms with van der Waals surface area (Å²) in [6.45, 7) is 5.23. The molecule has 0 unspecified atom stereocenters. The molecule has 1 N–H and O–H groups in total. The lowest BCUT2D eigenvalue weighted by molar-refractivity contribution is 0.321. The van der Waals surface area contributed by atoms with Gasteiger partial charge in [0.2, 0.25) is 0 Å². The summed E-state index contributed by atoms with van der Waals surface area (Å²) in [5.41, 5.74) is 2.42. The van der Waals surface area contributed by atoms with Gasteiger partial charge in [0.25, 0.3) is 0 Å². The zero-order valence-corrected chi connectivity index (χ0v) is 12.8. The number of rotatable bonds is 7. The van der Waals surface area contributed by atoms with Gasteiger partial charge in [0.1, 0.15) is 0 Å². The van der Waals surface area contributed by atoms with Crippen molar-refractivity contribution in [2.45, 2.75) is 39.2 Å². The molecule has 3 heteroatoms. The van der Waals surface area contributed by atoms with Gasteiger partial charge in [-0.2, -0.15) is 0 Å². The molecule has 1 aromatic rings. The molecule has 0 radical (unpaired) electrons. The smallest absolute Gasteiger partial charge is 0.0471 e. The number of nitrogens with one attached hydrogen (secondary N) is 1. The first-order valence-electron chi connectivity index (χ1n) is 7.41. The third-order valence-corrected chi connectivity index (χ3v) is 4.33. The van der Waals surface area contributed by atoms with E-state index >= 15 is 0 Å². The summed E-state index contributed by atoms with van der Waals surface area (Å²) in [6, 6.07) is 6.44. The van der Waals surface area contributed by atoms with Gasteiger partial charge < -0.3 is 10.2 Å². The van der Waals surface area contributed by atoms with Crippen molar-refractivity contribution in [1.82, 2.24) is 5.32 Å². The number of halogens is 1. The lowest BCUT2D eigenvalue weighted by atomic mass is 9.85. The molecule has 0 aliphatic heterocycles. The largest absolute Gasteiger partial charge is 0.374 e. The topological polar surface area (TPSA) is 15.3 Å². The van der Waals surface area contributed by atoms with Crippen LogP contribution in [0.25, 0.3) is 0 Å². The maximum atomic E-state index is 6.37.